The summed E-state index contributed by atoms with van der Waals surface area (Å²) < 4.78 is 11.5. The zero-order chi connectivity index (χ0) is 37.5. The number of fused-ring (bicyclic) bond motifs is 9. The second kappa shape index (κ2) is 12.5. The van der Waals surface area contributed by atoms with Gasteiger partial charge in [0.2, 0.25) is 0 Å². The van der Waals surface area contributed by atoms with Crippen LogP contribution in [-0.2, 0) is 0 Å². The lowest BCUT2D eigenvalue weighted by Gasteiger charge is -2.19. The first-order chi connectivity index (χ1) is 28.3. The summed E-state index contributed by atoms with van der Waals surface area (Å²) in [6.45, 7) is 0. The average molecular weight is 732 g/mol. The predicted octanol–water partition coefficient (Wildman–Crippen LogP) is 11.9. The Labute approximate surface area is 328 Å². The number of hydrogen-bond acceptors (Lipinski definition) is 4. The molecule has 6 heterocycles. The van der Waals surface area contributed by atoms with E-state index in [4.69, 9.17) is 14.7 Å². The van der Waals surface area contributed by atoms with E-state index in [-0.39, 0.29) is 12.0 Å². The maximum atomic E-state index is 6.89. The molecule has 6 nitrogen and oxygen atoms in total. The lowest BCUT2D eigenvalue weighted by atomic mass is 9.86. The van der Waals surface area contributed by atoms with Crippen molar-refractivity contribution in [2.24, 2.45) is 0 Å². The minimum atomic E-state index is -0.101. The van der Waals surface area contributed by atoms with Crippen LogP contribution in [0.1, 0.15) is 17.0 Å². The van der Waals surface area contributed by atoms with Crippen LogP contribution < -0.4 is 4.74 Å². The molecule has 1 aliphatic heterocycles. The van der Waals surface area contributed by atoms with Gasteiger partial charge in [0.15, 0.2) is 0 Å². The van der Waals surface area contributed by atoms with Gasteiger partial charge in [0.1, 0.15) is 11.9 Å². The number of allylic oxidation sites excluding steroid dienone is 2. The summed E-state index contributed by atoms with van der Waals surface area (Å²) in [5.74, 6) is 0.979. The van der Waals surface area contributed by atoms with Crippen molar-refractivity contribution >= 4 is 49.4 Å². The van der Waals surface area contributed by atoms with Gasteiger partial charge in [0, 0.05) is 52.1 Å². The number of hydrogen-bond donors (Lipinski definition) is 0. The minimum Gasteiger partial charge on any atom is -0.483 e. The van der Waals surface area contributed by atoms with E-state index in [9.17, 15) is 0 Å². The van der Waals surface area contributed by atoms with Crippen molar-refractivity contribution < 1.29 is 4.74 Å². The Hall–Kier alpha value is -7.57. The van der Waals surface area contributed by atoms with Gasteiger partial charge < -0.3 is 13.9 Å². The summed E-state index contributed by atoms with van der Waals surface area (Å²) in [5, 5.41) is 2.23. The first-order valence-electron chi connectivity index (χ1n) is 19.3. The van der Waals surface area contributed by atoms with Gasteiger partial charge in [0.05, 0.1) is 44.5 Å². The first-order valence-corrected chi connectivity index (χ1v) is 19.3. The second-order valence-electron chi connectivity index (χ2n) is 14.8. The van der Waals surface area contributed by atoms with Crippen LogP contribution >= 0.6 is 0 Å². The van der Waals surface area contributed by atoms with Crippen LogP contribution in [0.5, 0.6) is 5.75 Å². The normalized spacial score (nSPS) is 15.9. The van der Waals surface area contributed by atoms with Crippen LogP contribution in [0.3, 0.4) is 0 Å². The van der Waals surface area contributed by atoms with Crippen LogP contribution in [0.15, 0.2) is 188 Å². The van der Waals surface area contributed by atoms with E-state index >= 15 is 0 Å². The van der Waals surface area contributed by atoms with Gasteiger partial charge in [0.25, 0.3) is 0 Å². The Morgan fingerprint density at radius 3 is 1.98 bits per heavy atom. The summed E-state index contributed by atoms with van der Waals surface area (Å²) in [6.07, 6.45) is 12.3. The number of benzene rings is 5. The molecule has 2 atom stereocenters. The molecule has 2 unspecified atom stereocenters. The summed E-state index contributed by atoms with van der Waals surface area (Å²) in [6, 6.07) is 53.4. The highest BCUT2D eigenvalue weighted by atomic mass is 16.5. The fourth-order valence-corrected chi connectivity index (χ4v) is 9.09. The molecule has 0 radical (unpaired) electrons. The monoisotopic (exact) mass is 731 g/mol. The highest BCUT2D eigenvalue weighted by Crippen LogP contribution is 2.48. The Balaban J connectivity index is 0.961. The van der Waals surface area contributed by atoms with Crippen molar-refractivity contribution in [3.8, 4) is 39.5 Å². The molecule has 10 aromatic rings. The molecule has 2 aliphatic rings. The molecule has 5 aromatic carbocycles. The van der Waals surface area contributed by atoms with Crippen molar-refractivity contribution in [3.63, 3.8) is 0 Å². The van der Waals surface area contributed by atoms with Crippen LogP contribution in [0, 0.1) is 0 Å². The largest absolute Gasteiger partial charge is 0.483 e. The van der Waals surface area contributed by atoms with E-state index in [1.807, 2.05) is 42.9 Å². The summed E-state index contributed by atoms with van der Waals surface area (Å²) in [7, 11) is 0. The third kappa shape index (κ3) is 4.87. The molecule has 0 saturated carbocycles. The van der Waals surface area contributed by atoms with Gasteiger partial charge in [-0.05, 0) is 107 Å². The Morgan fingerprint density at radius 1 is 0.509 bits per heavy atom. The molecule has 5 aromatic heterocycles. The number of aromatic nitrogens is 5. The average Bonchev–Trinajstić information content (AvgIpc) is 3.94. The van der Waals surface area contributed by atoms with E-state index < -0.39 is 0 Å². The van der Waals surface area contributed by atoms with Crippen molar-refractivity contribution in [1.82, 2.24) is 24.1 Å². The smallest absolute Gasteiger partial charge is 0.148 e. The van der Waals surface area contributed by atoms with Gasteiger partial charge in [-0.2, -0.15) is 0 Å². The molecule has 0 saturated heterocycles. The third-order valence-corrected chi connectivity index (χ3v) is 11.6. The van der Waals surface area contributed by atoms with E-state index in [1.165, 1.54) is 11.1 Å². The predicted molar refractivity (Wildman–Crippen MR) is 230 cm³/mol. The number of para-hydroxylation sites is 2. The Bertz CT molecular complexity index is 3280. The fraction of sp³-hybridized carbons (Fsp3) is 0.0392. The van der Waals surface area contributed by atoms with Crippen LogP contribution in [-0.4, -0.2) is 30.2 Å². The highest BCUT2D eigenvalue weighted by Gasteiger charge is 2.36. The first kappa shape index (κ1) is 31.7. The molecule has 0 spiro atoms. The summed E-state index contributed by atoms with van der Waals surface area (Å²) in [5.41, 5.74) is 16.3. The molecule has 57 heavy (non-hydrogen) atoms. The van der Waals surface area contributed by atoms with Gasteiger partial charge in [-0.25, -0.2) is 0 Å². The maximum Gasteiger partial charge on any atom is 0.148 e. The van der Waals surface area contributed by atoms with Gasteiger partial charge in [-0.3, -0.25) is 15.0 Å². The zero-order valence-corrected chi connectivity index (χ0v) is 30.7. The van der Waals surface area contributed by atoms with Gasteiger partial charge >= 0.3 is 0 Å². The molecule has 0 N–H and O–H groups in total. The molecule has 0 amide bonds. The molecule has 0 bridgehead atoms. The Kier molecular flexibility index (Phi) is 6.95. The van der Waals surface area contributed by atoms with Crippen molar-refractivity contribution in [2.75, 3.05) is 0 Å². The third-order valence-electron chi connectivity index (χ3n) is 11.6. The minimum absolute atomic E-state index is 0.0698. The van der Waals surface area contributed by atoms with E-state index in [2.05, 4.69) is 160 Å². The maximum absolute atomic E-state index is 6.89. The standard InChI is InChI=1S/C51H33N5O/c1-2-11-35(12-3-1)55-43-23-20-32(30-40(43)49-45(55)18-9-27-53-49)33-22-25-48-39(29-33)38-15-8-17-47(51(38)57-48)56-44-24-21-34(31-41(44)50-46(56)19-10-28-54-50)36-13-4-5-14-37(36)42-16-6-7-26-52-42/h1-31,39,48H. The van der Waals surface area contributed by atoms with E-state index in [1.54, 1.807) is 0 Å². The molecule has 12 rings (SSSR count). The molecule has 268 valence electrons. The van der Waals surface area contributed by atoms with E-state index in [0.717, 1.165) is 88.9 Å². The second-order valence-corrected chi connectivity index (χ2v) is 14.8. The van der Waals surface area contributed by atoms with Crippen LogP contribution in [0.25, 0.3) is 83.2 Å². The zero-order valence-electron chi connectivity index (χ0n) is 30.7. The van der Waals surface area contributed by atoms with E-state index in [0.29, 0.717) is 0 Å². The highest BCUT2D eigenvalue weighted by molar-refractivity contribution is 6.10. The number of pyridine rings is 3. The van der Waals surface area contributed by atoms with Crippen molar-refractivity contribution in [3.05, 3.63) is 200 Å². The lowest BCUT2D eigenvalue weighted by Crippen LogP contribution is -2.17. The SMILES string of the molecule is C1=CC2Oc3c(cccc3-n3c4ccc(-c5ccccc5-c5ccccn5)cc4c4ncccc43)C2C=C1c1ccc2c(c1)c1ncccc1n2-c1ccccc1. The lowest BCUT2D eigenvalue weighted by molar-refractivity contribution is 0.269. The number of nitrogens with zero attached hydrogens (tertiary/aromatic N) is 5. The van der Waals surface area contributed by atoms with Gasteiger partial charge in [-0.15, -0.1) is 0 Å². The molecular weight excluding hydrogens is 699 g/mol. The number of ether oxygens (including phenoxy) is 1. The molecule has 6 heteroatoms. The summed E-state index contributed by atoms with van der Waals surface area (Å²) in [4.78, 5) is 14.5. The molecule has 0 fully saturated rings. The van der Waals surface area contributed by atoms with Crippen molar-refractivity contribution in [1.29, 1.82) is 0 Å². The fourth-order valence-electron chi connectivity index (χ4n) is 9.09. The Morgan fingerprint density at radius 2 is 1.19 bits per heavy atom. The van der Waals surface area contributed by atoms with Crippen LogP contribution in [0.2, 0.25) is 0 Å². The quantitative estimate of drug-likeness (QED) is 0.177. The molecular formula is C51H33N5O. The van der Waals surface area contributed by atoms with Crippen molar-refractivity contribution in [2.45, 2.75) is 12.0 Å². The van der Waals surface area contributed by atoms with Gasteiger partial charge in [-0.1, -0.05) is 84.9 Å². The molecule has 1 aliphatic carbocycles. The summed E-state index contributed by atoms with van der Waals surface area (Å²) >= 11 is 0. The van der Waals surface area contributed by atoms with Crippen LogP contribution in [0.4, 0.5) is 0 Å². The number of rotatable bonds is 5. The topological polar surface area (TPSA) is 57.8 Å².